The third-order valence-corrected chi connectivity index (χ3v) is 6.78. The molecule has 2 atom stereocenters. The highest BCUT2D eigenvalue weighted by Crippen LogP contribution is 2.37. The topological polar surface area (TPSA) is 172 Å². The lowest BCUT2D eigenvalue weighted by atomic mass is 9.92. The SMILES string of the molecule is CC(C)(COCC(C)(COCC(F)(F)C(F)(F)F)COS(=O)(=O)O)COCC(C)(COCC(F)(F)C(F)(F)F)C(=O)S(=O)(=O)O. The molecule has 0 aliphatic heterocycles. The normalized spacial score (nSPS) is 17.2. The van der Waals surface area contributed by atoms with Crippen LogP contribution < -0.4 is 0 Å². The van der Waals surface area contributed by atoms with Gasteiger partial charge in [0.1, 0.15) is 13.2 Å². The molecule has 0 saturated heterocycles. The highest BCUT2D eigenvalue weighted by Gasteiger charge is 2.59. The van der Waals surface area contributed by atoms with Gasteiger partial charge in [-0.1, -0.05) is 20.8 Å². The molecule has 12 nitrogen and oxygen atoms in total. The maximum Gasteiger partial charge on any atom is 0.455 e. The predicted molar refractivity (Wildman–Crippen MR) is 129 cm³/mol. The maximum absolute atomic E-state index is 13.2. The van der Waals surface area contributed by atoms with Crippen LogP contribution in [0.15, 0.2) is 0 Å². The van der Waals surface area contributed by atoms with Crippen LogP contribution in [-0.2, 0) is 48.4 Å². The number of carbonyl (C=O) groups is 1. The number of ether oxygens (including phenoxy) is 4. The monoisotopic (exact) mass is 730 g/mol. The molecular formula is C21H32F10O12S2. The van der Waals surface area contributed by atoms with Crippen LogP contribution in [-0.4, -0.2) is 115 Å². The van der Waals surface area contributed by atoms with Crippen molar-refractivity contribution in [3.8, 4) is 0 Å². The van der Waals surface area contributed by atoms with E-state index in [2.05, 4.69) is 13.7 Å². The second kappa shape index (κ2) is 15.2. The molecule has 2 unspecified atom stereocenters. The number of halogens is 10. The van der Waals surface area contributed by atoms with Crippen LogP contribution >= 0.6 is 0 Å². The summed E-state index contributed by atoms with van der Waals surface area (Å²) in [4.78, 5) is 12.2. The molecule has 0 amide bonds. The zero-order chi connectivity index (χ0) is 36.0. The van der Waals surface area contributed by atoms with Gasteiger partial charge in [-0.2, -0.15) is 60.7 Å². The first-order valence-electron chi connectivity index (χ1n) is 12.0. The van der Waals surface area contributed by atoms with E-state index in [-0.39, 0.29) is 0 Å². The summed E-state index contributed by atoms with van der Waals surface area (Å²) in [5.74, 6) is -10.6. The molecule has 45 heavy (non-hydrogen) atoms. The number of hydrogen-bond donors (Lipinski definition) is 2. The molecule has 0 rings (SSSR count). The van der Waals surface area contributed by atoms with Gasteiger partial charge in [-0.05, 0) is 6.92 Å². The lowest BCUT2D eigenvalue weighted by Gasteiger charge is -2.32. The van der Waals surface area contributed by atoms with Crippen LogP contribution in [0.25, 0.3) is 0 Å². The van der Waals surface area contributed by atoms with E-state index in [9.17, 15) is 65.5 Å². The second-order valence-electron chi connectivity index (χ2n) is 11.4. The van der Waals surface area contributed by atoms with Gasteiger partial charge in [0.2, 0.25) is 0 Å². The van der Waals surface area contributed by atoms with Crippen molar-refractivity contribution in [2.75, 3.05) is 59.5 Å². The van der Waals surface area contributed by atoms with Crippen molar-refractivity contribution in [3.05, 3.63) is 0 Å². The maximum atomic E-state index is 13.2. The number of rotatable bonds is 20. The fraction of sp³-hybridized carbons (Fsp3) is 0.952. The number of hydrogen-bond acceptors (Lipinski definition) is 10. The molecule has 0 heterocycles. The Morgan fingerprint density at radius 3 is 1.22 bits per heavy atom. The van der Waals surface area contributed by atoms with Crippen LogP contribution in [0.5, 0.6) is 0 Å². The Morgan fingerprint density at radius 1 is 0.556 bits per heavy atom. The molecule has 0 aromatic heterocycles. The molecule has 2 N–H and O–H groups in total. The summed E-state index contributed by atoms with van der Waals surface area (Å²) in [6.07, 6.45) is -12.0. The highest BCUT2D eigenvalue weighted by molar-refractivity contribution is 8.01. The lowest BCUT2D eigenvalue weighted by molar-refractivity contribution is -0.298. The molecule has 0 saturated carbocycles. The third kappa shape index (κ3) is 15.4. The first-order valence-corrected chi connectivity index (χ1v) is 14.8. The van der Waals surface area contributed by atoms with Crippen molar-refractivity contribution in [2.45, 2.75) is 51.9 Å². The summed E-state index contributed by atoms with van der Waals surface area (Å²) in [6.45, 7) is -5.88. The van der Waals surface area contributed by atoms with E-state index in [0.29, 0.717) is 0 Å². The molecule has 0 aromatic rings. The zero-order valence-electron chi connectivity index (χ0n) is 23.9. The molecule has 0 aromatic carbocycles. The minimum absolute atomic E-state index is 0.412. The summed E-state index contributed by atoms with van der Waals surface area (Å²) in [6, 6.07) is 0. The molecule has 0 bridgehead atoms. The van der Waals surface area contributed by atoms with E-state index < -0.39 is 126 Å². The minimum atomic E-state index is -6.04. The average Bonchev–Trinajstić information content (AvgIpc) is 2.79. The van der Waals surface area contributed by atoms with Crippen molar-refractivity contribution >= 4 is 25.6 Å². The van der Waals surface area contributed by atoms with Crippen LogP contribution in [0.3, 0.4) is 0 Å². The van der Waals surface area contributed by atoms with E-state index in [0.717, 1.165) is 13.8 Å². The molecular weight excluding hydrogens is 698 g/mol. The van der Waals surface area contributed by atoms with Crippen LogP contribution in [0, 0.1) is 16.2 Å². The molecule has 0 aliphatic rings. The van der Waals surface area contributed by atoms with Gasteiger partial charge in [0, 0.05) is 10.8 Å². The van der Waals surface area contributed by atoms with Gasteiger partial charge in [-0.15, -0.1) is 0 Å². The first-order chi connectivity index (χ1) is 19.7. The fourth-order valence-corrected chi connectivity index (χ4v) is 4.15. The summed E-state index contributed by atoms with van der Waals surface area (Å²) < 4.78 is 213. The van der Waals surface area contributed by atoms with E-state index in [1.54, 1.807) is 0 Å². The molecule has 0 spiro atoms. The van der Waals surface area contributed by atoms with Gasteiger partial charge in [0.15, 0.2) is 0 Å². The molecule has 0 aliphatic carbocycles. The Kier molecular flexibility index (Phi) is 14.7. The third-order valence-electron chi connectivity index (χ3n) is 5.41. The van der Waals surface area contributed by atoms with Crippen LogP contribution in [0.1, 0.15) is 27.7 Å². The lowest BCUT2D eigenvalue weighted by Crippen LogP contribution is -2.45. The quantitative estimate of drug-likeness (QED) is 0.138. The predicted octanol–water partition coefficient (Wildman–Crippen LogP) is 3.72. The molecule has 24 heteroatoms. The van der Waals surface area contributed by atoms with Crippen molar-refractivity contribution in [3.63, 3.8) is 0 Å². The van der Waals surface area contributed by atoms with Gasteiger partial charge in [-0.25, -0.2) is 4.18 Å². The van der Waals surface area contributed by atoms with E-state index >= 15 is 0 Å². The zero-order valence-corrected chi connectivity index (χ0v) is 25.6. The van der Waals surface area contributed by atoms with E-state index in [1.165, 1.54) is 13.8 Å². The Labute approximate surface area is 251 Å². The summed E-state index contributed by atoms with van der Waals surface area (Å²) in [7, 11) is -10.6. The molecule has 0 radical (unpaired) electrons. The van der Waals surface area contributed by atoms with Crippen LogP contribution in [0.4, 0.5) is 43.9 Å². The van der Waals surface area contributed by atoms with Crippen molar-refractivity contribution in [1.29, 1.82) is 0 Å². The Balaban J connectivity index is 5.42. The molecule has 270 valence electrons. The van der Waals surface area contributed by atoms with E-state index in [4.69, 9.17) is 18.6 Å². The number of carbonyl (C=O) groups excluding carboxylic acids is 1. The van der Waals surface area contributed by atoms with Crippen molar-refractivity contribution < 1.29 is 97.8 Å². The second-order valence-corrected chi connectivity index (χ2v) is 13.8. The Morgan fingerprint density at radius 2 is 0.889 bits per heavy atom. The highest BCUT2D eigenvalue weighted by atomic mass is 32.3. The van der Waals surface area contributed by atoms with E-state index in [1.807, 2.05) is 0 Å². The standard InChI is InChI=1S/C21H32F10O12S2/c1-15(2,5-39-7-16(3,9-43-45(36,37)38)8-41-12-18(22,23)20(26,27)28)6-40-10-17(4,14(32)44(33,34)35)11-42-13-19(24,25)21(29,30)31/h5-13H2,1-4H3,(H,33,34,35)(H,36,37,38). The largest absolute Gasteiger partial charge is 0.455 e. The van der Waals surface area contributed by atoms with Gasteiger partial charge >= 0.3 is 44.7 Å². The fourth-order valence-electron chi connectivity index (χ4n) is 2.97. The average molecular weight is 731 g/mol. The summed E-state index contributed by atoms with van der Waals surface area (Å²) in [5.41, 5.74) is -5.44. The minimum Gasteiger partial charge on any atom is -0.380 e. The van der Waals surface area contributed by atoms with Crippen LogP contribution in [0.2, 0.25) is 0 Å². The molecule has 0 fully saturated rings. The van der Waals surface area contributed by atoms with Gasteiger partial charge in [0.25, 0.3) is 5.12 Å². The Bertz CT molecular complexity index is 1190. The number of alkyl halides is 10. The van der Waals surface area contributed by atoms with Crippen molar-refractivity contribution in [2.24, 2.45) is 16.2 Å². The smallest absolute Gasteiger partial charge is 0.380 e. The van der Waals surface area contributed by atoms with Gasteiger partial charge in [-0.3, -0.25) is 13.9 Å². The van der Waals surface area contributed by atoms with Gasteiger partial charge in [0.05, 0.1) is 51.7 Å². The first kappa shape index (κ1) is 43.6. The van der Waals surface area contributed by atoms with Crippen molar-refractivity contribution in [1.82, 2.24) is 0 Å². The Hall–Kier alpha value is -1.41. The van der Waals surface area contributed by atoms with Gasteiger partial charge < -0.3 is 18.9 Å². The summed E-state index contributed by atoms with van der Waals surface area (Å²) in [5, 5.41) is -2.04. The summed E-state index contributed by atoms with van der Waals surface area (Å²) >= 11 is 0.